The summed E-state index contributed by atoms with van der Waals surface area (Å²) in [7, 11) is 0. The maximum atomic E-state index is 12.7. The molecule has 2 aromatic rings. The third kappa shape index (κ3) is 7.13. The van der Waals surface area contributed by atoms with Gasteiger partial charge in [0.2, 0.25) is 0 Å². The van der Waals surface area contributed by atoms with Crippen LogP contribution in [0.25, 0.3) is 0 Å². The van der Waals surface area contributed by atoms with Gasteiger partial charge in [-0.05, 0) is 49.6 Å². The summed E-state index contributed by atoms with van der Waals surface area (Å²) in [6, 6.07) is 15.5. The maximum Gasteiger partial charge on any atom is 0.307 e. The Hall–Kier alpha value is -2.82. The van der Waals surface area contributed by atoms with Crippen LogP contribution in [0.5, 0.6) is 5.75 Å². The lowest BCUT2D eigenvalue weighted by molar-refractivity contribution is -0.144. The van der Waals surface area contributed by atoms with Crippen LogP contribution in [-0.4, -0.2) is 36.5 Å². The topological polar surface area (TPSA) is 55.8 Å². The summed E-state index contributed by atoms with van der Waals surface area (Å²) in [4.78, 5) is 26.0. The first-order valence-electron chi connectivity index (χ1n) is 9.16. The average Bonchev–Trinajstić information content (AvgIpc) is 2.63. The van der Waals surface area contributed by atoms with Gasteiger partial charge in [-0.2, -0.15) is 0 Å². The Bertz CT molecular complexity index is 738. The normalized spacial score (nSPS) is 10.3. The Morgan fingerprint density at radius 3 is 2.30 bits per heavy atom. The van der Waals surface area contributed by atoms with Crippen LogP contribution in [0.3, 0.4) is 0 Å². The van der Waals surface area contributed by atoms with Crippen LogP contribution < -0.4 is 4.74 Å². The van der Waals surface area contributed by atoms with E-state index in [2.05, 4.69) is 6.07 Å². The van der Waals surface area contributed by atoms with Crippen LogP contribution in [0.2, 0.25) is 0 Å². The minimum absolute atomic E-state index is 0.0709. The lowest BCUT2D eigenvalue weighted by Crippen LogP contribution is -2.36. The summed E-state index contributed by atoms with van der Waals surface area (Å²) in [5, 5.41) is 0. The molecular formula is C22H27NO4. The van der Waals surface area contributed by atoms with Crippen molar-refractivity contribution in [3.63, 3.8) is 0 Å². The second-order valence-electron chi connectivity index (χ2n) is 6.47. The van der Waals surface area contributed by atoms with Crippen LogP contribution >= 0.6 is 0 Å². The number of carbonyl (C=O) groups is 2. The van der Waals surface area contributed by atoms with E-state index in [0.29, 0.717) is 25.4 Å². The molecule has 144 valence electrons. The molecule has 1 amide bonds. The third-order valence-corrected chi connectivity index (χ3v) is 4.02. The molecule has 0 fully saturated rings. The molecular weight excluding hydrogens is 342 g/mol. The van der Waals surface area contributed by atoms with E-state index in [1.54, 1.807) is 11.8 Å². The Morgan fingerprint density at radius 1 is 1.00 bits per heavy atom. The number of amides is 1. The first-order chi connectivity index (χ1) is 13.0. The van der Waals surface area contributed by atoms with Gasteiger partial charge in [0.15, 0.2) is 6.61 Å². The predicted octanol–water partition coefficient (Wildman–Crippen LogP) is 3.66. The first kappa shape index (κ1) is 20.5. The molecule has 0 saturated heterocycles. The molecule has 0 aliphatic rings. The molecule has 0 N–H and O–H groups in total. The van der Waals surface area contributed by atoms with Crippen molar-refractivity contribution in [2.45, 2.75) is 33.7 Å². The number of carbonyl (C=O) groups excluding carboxylic acids is 2. The molecule has 0 heterocycles. The van der Waals surface area contributed by atoms with Crippen LogP contribution in [0.4, 0.5) is 0 Å². The van der Waals surface area contributed by atoms with E-state index in [0.717, 1.165) is 16.7 Å². The highest BCUT2D eigenvalue weighted by Crippen LogP contribution is 2.16. The zero-order valence-corrected chi connectivity index (χ0v) is 16.2. The molecule has 0 aliphatic heterocycles. The van der Waals surface area contributed by atoms with Crippen LogP contribution in [-0.2, 0) is 20.9 Å². The van der Waals surface area contributed by atoms with Gasteiger partial charge in [0, 0.05) is 13.1 Å². The van der Waals surface area contributed by atoms with Gasteiger partial charge in [-0.1, -0.05) is 36.4 Å². The molecule has 0 saturated carbocycles. The fraction of sp³-hybridized carbons (Fsp3) is 0.364. The average molecular weight is 369 g/mol. The van der Waals surface area contributed by atoms with Crippen molar-refractivity contribution >= 4 is 11.9 Å². The van der Waals surface area contributed by atoms with Gasteiger partial charge in [0.1, 0.15) is 5.75 Å². The quantitative estimate of drug-likeness (QED) is 0.633. The number of aryl methyl sites for hydroxylation is 2. The summed E-state index contributed by atoms with van der Waals surface area (Å²) in [5.74, 6) is 0.201. The van der Waals surface area contributed by atoms with E-state index in [4.69, 9.17) is 9.47 Å². The lowest BCUT2D eigenvalue weighted by Gasteiger charge is -2.23. The third-order valence-electron chi connectivity index (χ3n) is 4.02. The maximum absolute atomic E-state index is 12.7. The van der Waals surface area contributed by atoms with Crippen molar-refractivity contribution in [3.05, 3.63) is 65.2 Å². The van der Waals surface area contributed by atoms with Gasteiger partial charge in [0.05, 0.1) is 13.0 Å². The van der Waals surface area contributed by atoms with Crippen molar-refractivity contribution < 1.29 is 19.1 Å². The van der Waals surface area contributed by atoms with Crippen LogP contribution in [0, 0.1) is 13.8 Å². The molecule has 2 rings (SSSR count). The molecule has 0 radical (unpaired) electrons. The predicted molar refractivity (Wildman–Crippen MR) is 105 cm³/mol. The zero-order chi connectivity index (χ0) is 19.6. The molecule has 27 heavy (non-hydrogen) atoms. The minimum atomic E-state index is -0.307. The van der Waals surface area contributed by atoms with E-state index in [1.165, 1.54) is 0 Å². The highest BCUT2D eigenvalue weighted by atomic mass is 16.5. The Morgan fingerprint density at radius 2 is 1.67 bits per heavy atom. The fourth-order valence-electron chi connectivity index (χ4n) is 2.81. The van der Waals surface area contributed by atoms with Gasteiger partial charge in [-0.15, -0.1) is 0 Å². The van der Waals surface area contributed by atoms with Gasteiger partial charge in [-0.3, -0.25) is 9.59 Å². The molecule has 0 unspecified atom stereocenters. The number of benzene rings is 2. The Balaban J connectivity index is 2.01. The van der Waals surface area contributed by atoms with Crippen molar-refractivity contribution in [1.82, 2.24) is 4.90 Å². The van der Waals surface area contributed by atoms with Crippen molar-refractivity contribution in [1.29, 1.82) is 0 Å². The summed E-state index contributed by atoms with van der Waals surface area (Å²) in [6.45, 7) is 6.73. The summed E-state index contributed by atoms with van der Waals surface area (Å²) in [5.41, 5.74) is 3.17. The molecule has 5 heteroatoms. The molecule has 0 aliphatic carbocycles. The van der Waals surface area contributed by atoms with E-state index in [-0.39, 0.29) is 24.9 Å². The molecule has 2 aromatic carbocycles. The smallest absolute Gasteiger partial charge is 0.307 e. The number of nitrogens with zero attached hydrogens (tertiary/aromatic N) is 1. The van der Waals surface area contributed by atoms with Gasteiger partial charge in [-0.25, -0.2) is 0 Å². The first-order valence-corrected chi connectivity index (χ1v) is 9.16. The second-order valence-corrected chi connectivity index (χ2v) is 6.47. The Kier molecular flexibility index (Phi) is 7.86. The zero-order valence-electron chi connectivity index (χ0n) is 16.2. The summed E-state index contributed by atoms with van der Waals surface area (Å²) in [6.07, 6.45) is 0.163. The van der Waals surface area contributed by atoms with Crippen LogP contribution in [0.1, 0.15) is 30.0 Å². The minimum Gasteiger partial charge on any atom is -0.484 e. The lowest BCUT2D eigenvalue weighted by atomic mass is 10.1. The largest absolute Gasteiger partial charge is 0.484 e. The van der Waals surface area contributed by atoms with Crippen molar-refractivity contribution in [2.75, 3.05) is 19.8 Å². The van der Waals surface area contributed by atoms with E-state index < -0.39 is 0 Å². The SMILES string of the molecule is CCOC(=O)CCN(Cc1ccccc1)C(=O)COc1cc(C)cc(C)c1. The summed E-state index contributed by atoms with van der Waals surface area (Å²) >= 11 is 0. The highest BCUT2D eigenvalue weighted by molar-refractivity contribution is 5.78. The van der Waals surface area contributed by atoms with Gasteiger partial charge in [0.25, 0.3) is 5.91 Å². The molecule has 0 bridgehead atoms. The fourth-order valence-corrected chi connectivity index (χ4v) is 2.81. The number of hydrogen-bond acceptors (Lipinski definition) is 4. The summed E-state index contributed by atoms with van der Waals surface area (Å²) < 4.78 is 10.7. The van der Waals surface area contributed by atoms with Crippen LogP contribution in [0.15, 0.2) is 48.5 Å². The Labute approximate surface area is 160 Å². The molecule has 0 atom stereocenters. The van der Waals surface area contributed by atoms with E-state index in [1.807, 2.05) is 56.3 Å². The molecule has 0 aromatic heterocycles. The standard InChI is InChI=1S/C22H27NO4/c1-4-26-22(25)10-11-23(15-19-8-6-5-7-9-19)21(24)16-27-20-13-17(2)12-18(3)14-20/h5-9,12-14H,4,10-11,15-16H2,1-3H3. The second kappa shape index (κ2) is 10.4. The van der Waals surface area contributed by atoms with Gasteiger partial charge < -0.3 is 14.4 Å². The molecule has 0 spiro atoms. The number of esters is 1. The van der Waals surface area contributed by atoms with Gasteiger partial charge >= 0.3 is 5.97 Å². The van der Waals surface area contributed by atoms with Crippen molar-refractivity contribution in [2.24, 2.45) is 0 Å². The monoisotopic (exact) mass is 369 g/mol. The van der Waals surface area contributed by atoms with E-state index >= 15 is 0 Å². The molecule has 5 nitrogen and oxygen atoms in total. The van der Waals surface area contributed by atoms with E-state index in [9.17, 15) is 9.59 Å². The highest BCUT2D eigenvalue weighted by Gasteiger charge is 2.17. The number of rotatable bonds is 9. The van der Waals surface area contributed by atoms with Crippen molar-refractivity contribution in [3.8, 4) is 5.75 Å². The number of ether oxygens (including phenoxy) is 2. The number of hydrogen-bond donors (Lipinski definition) is 0.